The van der Waals surface area contributed by atoms with Gasteiger partial charge in [-0.15, -0.1) is 0 Å². The Kier molecular flexibility index (Phi) is 5.87. The van der Waals surface area contributed by atoms with Crippen LogP contribution in [0.2, 0.25) is 0 Å². The predicted octanol–water partition coefficient (Wildman–Crippen LogP) is 8.27. The standard InChI is InChI=1S/C37H23NO3/c39-35-29-16-8-7-15-28(29)33(34-36(40)30-17-9-10-18-31(30)37(34)41)32(35)23-24-19-21-27(22-20-24)38(25-11-3-1-4-12-25)26-13-5-2-6-14-26/h1-23H/b32-23-. The van der Waals surface area contributed by atoms with Crippen molar-refractivity contribution in [2.45, 2.75) is 0 Å². The Balaban J connectivity index is 1.34. The average Bonchev–Trinajstić information content (AvgIpc) is 3.44. The quantitative estimate of drug-likeness (QED) is 0.174. The van der Waals surface area contributed by atoms with Crippen LogP contribution in [0.5, 0.6) is 0 Å². The van der Waals surface area contributed by atoms with Gasteiger partial charge < -0.3 is 4.90 Å². The molecule has 0 saturated carbocycles. The van der Waals surface area contributed by atoms with E-state index in [1.54, 1.807) is 48.5 Å². The van der Waals surface area contributed by atoms with Gasteiger partial charge in [0.15, 0.2) is 17.3 Å². The third-order valence-electron chi connectivity index (χ3n) is 7.57. The summed E-state index contributed by atoms with van der Waals surface area (Å²) >= 11 is 0. The Labute approximate surface area is 237 Å². The zero-order chi connectivity index (χ0) is 27.9. The first kappa shape index (κ1) is 24.4. The fourth-order valence-electron chi connectivity index (χ4n) is 5.68. The van der Waals surface area contributed by atoms with E-state index in [1.165, 1.54) is 0 Å². The van der Waals surface area contributed by atoms with Crippen molar-refractivity contribution in [2.75, 3.05) is 4.90 Å². The van der Waals surface area contributed by atoms with E-state index in [-0.39, 0.29) is 22.9 Å². The van der Waals surface area contributed by atoms with Crippen LogP contribution < -0.4 is 4.90 Å². The Morgan fingerprint density at radius 3 is 1.32 bits per heavy atom. The van der Waals surface area contributed by atoms with Crippen LogP contribution in [0.3, 0.4) is 0 Å². The lowest BCUT2D eigenvalue weighted by atomic mass is 9.94. The maximum Gasteiger partial charge on any atom is 0.198 e. The van der Waals surface area contributed by atoms with E-state index >= 15 is 0 Å². The molecule has 41 heavy (non-hydrogen) atoms. The maximum absolute atomic E-state index is 13.7. The van der Waals surface area contributed by atoms with E-state index in [0.29, 0.717) is 33.4 Å². The van der Waals surface area contributed by atoms with E-state index in [1.807, 2.05) is 66.7 Å². The first-order chi connectivity index (χ1) is 20.1. The largest absolute Gasteiger partial charge is 0.311 e. The highest BCUT2D eigenvalue weighted by Gasteiger charge is 2.41. The number of hydrogen-bond donors (Lipinski definition) is 0. The lowest BCUT2D eigenvalue weighted by molar-refractivity contribution is 0.0989. The molecule has 0 amide bonds. The van der Waals surface area contributed by atoms with E-state index in [2.05, 4.69) is 29.2 Å². The fourth-order valence-corrected chi connectivity index (χ4v) is 5.68. The molecule has 0 saturated heterocycles. The molecular formula is C37H23NO3. The molecule has 0 radical (unpaired) electrons. The molecule has 7 rings (SSSR count). The first-order valence-corrected chi connectivity index (χ1v) is 13.4. The highest BCUT2D eigenvalue weighted by Crippen LogP contribution is 2.43. The number of anilines is 3. The number of fused-ring (bicyclic) bond motifs is 2. The van der Waals surface area contributed by atoms with Gasteiger partial charge in [0.25, 0.3) is 0 Å². The molecule has 0 atom stereocenters. The highest BCUT2D eigenvalue weighted by molar-refractivity contribution is 6.46. The zero-order valence-corrected chi connectivity index (χ0v) is 22.0. The Morgan fingerprint density at radius 2 is 0.805 bits per heavy atom. The smallest absolute Gasteiger partial charge is 0.198 e. The lowest BCUT2D eigenvalue weighted by Crippen LogP contribution is -2.09. The second-order valence-electron chi connectivity index (χ2n) is 9.98. The number of carbonyl (C=O) groups excluding carboxylic acids is 3. The number of nitrogens with zero attached hydrogens (tertiary/aromatic N) is 1. The minimum atomic E-state index is -0.340. The number of carbonyl (C=O) groups is 3. The Morgan fingerprint density at radius 1 is 0.390 bits per heavy atom. The van der Waals surface area contributed by atoms with Crippen molar-refractivity contribution < 1.29 is 14.4 Å². The molecule has 4 heteroatoms. The van der Waals surface area contributed by atoms with Gasteiger partial charge >= 0.3 is 0 Å². The molecule has 0 bridgehead atoms. The van der Waals surface area contributed by atoms with Crippen LogP contribution >= 0.6 is 0 Å². The predicted molar refractivity (Wildman–Crippen MR) is 162 cm³/mol. The summed E-state index contributed by atoms with van der Waals surface area (Å²) in [5.41, 5.74) is 6.49. The van der Waals surface area contributed by atoms with Gasteiger partial charge in [0.05, 0.1) is 5.57 Å². The topological polar surface area (TPSA) is 54.5 Å². The van der Waals surface area contributed by atoms with Crippen molar-refractivity contribution in [3.63, 3.8) is 0 Å². The highest BCUT2D eigenvalue weighted by atomic mass is 16.2. The number of para-hydroxylation sites is 2. The molecule has 0 fully saturated rings. The van der Waals surface area contributed by atoms with Crippen molar-refractivity contribution in [1.29, 1.82) is 0 Å². The van der Waals surface area contributed by atoms with Crippen molar-refractivity contribution in [1.82, 2.24) is 0 Å². The van der Waals surface area contributed by atoms with E-state index in [4.69, 9.17) is 0 Å². The van der Waals surface area contributed by atoms with Crippen LogP contribution in [-0.2, 0) is 0 Å². The molecule has 0 aliphatic heterocycles. The summed E-state index contributed by atoms with van der Waals surface area (Å²) in [6.45, 7) is 0. The number of hydrogen-bond acceptors (Lipinski definition) is 4. The lowest BCUT2D eigenvalue weighted by Gasteiger charge is -2.25. The van der Waals surface area contributed by atoms with Gasteiger partial charge in [-0.05, 0) is 53.6 Å². The third kappa shape index (κ3) is 4.05. The summed E-state index contributed by atoms with van der Waals surface area (Å²) in [5.74, 6) is -0.876. The van der Waals surface area contributed by atoms with Gasteiger partial charge in [0, 0.05) is 44.9 Å². The molecule has 0 N–H and O–H groups in total. The number of rotatable bonds is 4. The van der Waals surface area contributed by atoms with Crippen molar-refractivity contribution >= 4 is 46.1 Å². The van der Waals surface area contributed by atoms with Gasteiger partial charge in [-0.25, -0.2) is 0 Å². The summed E-state index contributed by atoms with van der Waals surface area (Å²) in [4.78, 5) is 42.8. The van der Waals surface area contributed by atoms with Crippen LogP contribution in [-0.4, -0.2) is 17.3 Å². The number of ketones is 3. The second kappa shape index (κ2) is 9.85. The minimum Gasteiger partial charge on any atom is -0.311 e. The Bertz CT molecular complexity index is 1840. The van der Waals surface area contributed by atoms with Gasteiger partial charge in [-0.1, -0.05) is 97.1 Å². The molecule has 0 unspecified atom stereocenters. The number of Topliss-reactive ketones (excluding diaryl/α,β-unsaturated/α-hetero) is 3. The summed E-state index contributed by atoms with van der Waals surface area (Å²) in [6, 6.07) is 42.2. The summed E-state index contributed by atoms with van der Waals surface area (Å²) in [7, 11) is 0. The fraction of sp³-hybridized carbons (Fsp3) is 0. The van der Waals surface area contributed by atoms with Crippen molar-refractivity contribution in [3.8, 4) is 0 Å². The number of benzene rings is 5. The molecule has 2 aliphatic rings. The van der Waals surface area contributed by atoms with Gasteiger partial charge in [-0.3, -0.25) is 14.4 Å². The third-order valence-corrected chi connectivity index (χ3v) is 7.57. The van der Waals surface area contributed by atoms with Crippen LogP contribution in [0, 0.1) is 0 Å². The molecule has 0 heterocycles. The minimum absolute atomic E-state index is 0.0618. The summed E-state index contributed by atoms with van der Waals surface area (Å²) in [5, 5.41) is 0. The first-order valence-electron chi connectivity index (χ1n) is 13.4. The van der Waals surface area contributed by atoms with E-state index in [9.17, 15) is 14.4 Å². The average molecular weight is 530 g/mol. The summed E-state index contributed by atoms with van der Waals surface area (Å²) in [6.07, 6.45) is 1.79. The molecular weight excluding hydrogens is 506 g/mol. The zero-order valence-electron chi connectivity index (χ0n) is 22.0. The molecule has 5 aromatic rings. The molecule has 4 nitrogen and oxygen atoms in total. The normalized spacial score (nSPS) is 14.9. The van der Waals surface area contributed by atoms with Crippen LogP contribution in [0.25, 0.3) is 11.6 Å². The van der Waals surface area contributed by atoms with E-state index < -0.39 is 0 Å². The number of allylic oxidation sites excluding steroid dienone is 3. The monoisotopic (exact) mass is 529 g/mol. The second-order valence-corrected chi connectivity index (χ2v) is 9.98. The summed E-state index contributed by atoms with van der Waals surface area (Å²) < 4.78 is 0. The van der Waals surface area contributed by atoms with Crippen LogP contribution in [0.1, 0.15) is 42.2 Å². The molecule has 194 valence electrons. The molecule has 2 aliphatic carbocycles. The maximum atomic E-state index is 13.7. The van der Waals surface area contributed by atoms with Crippen LogP contribution in [0.15, 0.2) is 145 Å². The van der Waals surface area contributed by atoms with Gasteiger partial charge in [0.2, 0.25) is 0 Å². The molecule has 5 aromatic carbocycles. The van der Waals surface area contributed by atoms with Crippen LogP contribution in [0.4, 0.5) is 17.1 Å². The van der Waals surface area contributed by atoms with E-state index in [0.717, 1.165) is 22.6 Å². The van der Waals surface area contributed by atoms with Gasteiger partial charge in [0.1, 0.15) is 0 Å². The van der Waals surface area contributed by atoms with Gasteiger partial charge in [-0.2, -0.15) is 0 Å². The Hall–Kier alpha value is -5.61. The van der Waals surface area contributed by atoms with Crippen molar-refractivity contribution in [2.24, 2.45) is 0 Å². The molecule has 0 spiro atoms. The molecule has 0 aromatic heterocycles. The SMILES string of the molecule is O=C1C(=C2/C(=C/c3ccc(N(c4ccccc4)c4ccccc4)cc3)C(=O)c3ccccc32)C(=O)c2ccccc21. The van der Waals surface area contributed by atoms with Crippen molar-refractivity contribution in [3.05, 3.63) is 172 Å².